The maximum absolute atomic E-state index is 12.8. The third kappa shape index (κ3) is 2.16. The largest absolute Gasteiger partial charge is 0.332 e. The van der Waals surface area contributed by atoms with Crippen LogP contribution < -0.4 is 4.90 Å². The Bertz CT molecular complexity index is 823. The van der Waals surface area contributed by atoms with Gasteiger partial charge in [0.25, 0.3) is 11.6 Å². The fourth-order valence-electron chi connectivity index (χ4n) is 3.28. The third-order valence-electron chi connectivity index (χ3n) is 4.51. The third-order valence-corrected chi connectivity index (χ3v) is 4.93. The van der Waals surface area contributed by atoms with Gasteiger partial charge in [-0.3, -0.25) is 19.8 Å². The highest BCUT2D eigenvalue weighted by atomic mass is 32.1. The van der Waals surface area contributed by atoms with Crippen molar-refractivity contribution in [2.45, 2.75) is 19.0 Å². The second-order valence-electron chi connectivity index (χ2n) is 5.85. The van der Waals surface area contributed by atoms with Gasteiger partial charge in [0.15, 0.2) is 5.11 Å². The minimum absolute atomic E-state index is 0.0126. The van der Waals surface area contributed by atoms with Crippen LogP contribution in [0.1, 0.15) is 11.1 Å². The summed E-state index contributed by atoms with van der Waals surface area (Å²) in [6.07, 6.45) is 0.624. The van der Waals surface area contributed by atoms with Crippen LogP contribution in [0.25, 0.3) is 0 Å². The molecular formula is C17H13N3O3S. The van der Waals surface area contributed by atoms with Crippen molar-refractivity contribution in [3.8, 4) is 0 Å². The van der Waals surface area contributed by atoms with Crippen molar-refractivity contribution in [3.63, 3.8) is 0 Å². The lowest BCUT2D eigenvalue weighted by atomic mass is 9.95. The van der Waals surface area contributed by atoms with Gasteiger partial charge in [-0.1, -0.05) is 24.3 Å². The van der Waals surface area contributed by atoms with E-state index in [1.165, 1.54) is 28.2 Å². The predicted molar refractivity (Wildman–Crippen MR) is 92.7 cm³/mol. The molecule has 2 aliphatic heterocycles. The first-order chi connectivity index (χ1) is 11.6. The topological polar surface area (TPSA) is 66.7 Å². The van der Waals surface area contributed by atoms with Crippen LogP contribution in [0.4, 0.5) is 11.4 Å². The summed E-state index contributed by atoms with van der Waals surface area (Å²) < 4.78 is 0. The molecule has 0 spiro atoms. The van der Waals surface area contributed by atoms with Gasteiger partial charge >= 0.3 is 0 Å². The Hall–Kier alpha value is -2.80. The molecule has 0 radical (unpaired) electrons. The van der Waals surface area contributed by atoms with Gasteiger partial charge in [0.05, 0.1) is 10.6 Å². The fourth-order valence-corrected chi connectivity index (χ4v) is 3.66. The lowest BCUT2D eigenvalue weighted by Gasteiger charge is -2.30. The van der Waals surface area contributed by atoms with E-state index in [4.69, 9.17) is 12.2 Å². The summed E-state index contributed by atoms with van der Waals surface area (Å²) in [5, 5.41) is 11.2. The number of non-ortho nitro benzene ring substituents is 1. The normalized spacial score (nSPS) is 19.2. The van der Waals surface area contributed by atoms with E-state index in [1.807, 2.05) is 29.2 Å². The van der Waals surface area contributed by atoms with Crippen molar-refractivity contribution >= 4 is 34.6 Å². The molecule has 1 amide bonds. The Morgan fingerprint density at radius 1 is 1.08 bits per heavy atom. The number of hydrogen-bond acceptors (Lipinski definition) is 4. The number of nitro benzene ring substituents is 1. The molecule has 1 atom stereocenters. The Morgan fingerprint density at radius 3 is 2.42 bits per heavy atom. The van der Waals surface area contributed by atoms with Crippen LogP contribution in [0.5, 0.6) is 0 Å². The molecule has 0 N–H and O–H groups in total. The molecule has 1 fully saturated rings. The number of nitrogens with zero attached hydrogens (tertiary/aromatic N) is 3. The maximum Gasteiger partial charge on any atom is 0.269 e. The highest BCUT2D eigenvalue weighted by molar-refractivity contribution is 7.80. The fraction of sp³-hybridized carbons (Fsp3) is 0.176. The lowest BCUT2D eigenvalue weighted by Crippen LogP contribution is -2.39. The summed E-state index contributed by atoms with van der Waals surface area (Å²) in [6.45, 7) is 0.606. The van der Waals surface area contributed by atoms with Gasteiger partial charge in [0.2, 0.25) is 0 Å². The van der Waals surface area contributed by atoms with Crippen LogP contribution in [-0.4, -0.2) is 26.9 Å². The Labute approximate surface area is 143 Å². The van der Waals surface area contributed by atoms with Gasteiger partial charge in [-0.2, -0.15) is 0 Å². The molecule has 2 heterocycles. The van der Waals surface area contributed by atoms with Crippen molar-refractivity contribution in [2.24, 2.45) is 0 Å². The molecule has 6 nitrogen and oxygen atoms in total. The van der Waals surface area contributed by atoms with Crippen LogP contribution in [0.2, 0.25) is 0 Å². The molecule has 120 valence electrons. The molecule has 24 heavy (non-hydrogen) atoms. The van der Waals surface area contributed by atoms with Crippen molar-refractivity contribution in [1.29, 1.82) is 0 Å². The van der Waals surface area contributed by atoms with Gasteiger partial charge < -0.3 is 4.90 Å². The molecule has 4 rings (SSSR count). The van der Waals surface area contributed by atoms with E-state index < -0.39 is 4.92 Å². The summed E-state index contributed by atoms with van der Waals surface area (Å²) in [4.78, 5) is 26.6. The summed E-state index contributed by atoms with van der Waals surface area (Å²) in [5.41, 5.74) is 2.89. The first kappa shape index (κ1) is 14.8. The van der Waals surface area contributed by atoms with Crippen LogP contribution in [0.3, 0.4) is 0 Å². The van der Waals surface area contributed by atoms with E-state index in [0.717, 1.165) is 0 Å². The summed E-state index contributed by atoms with van der Waals surface area (Å²) in [5.74, 6) is -0.0802. The average molecular weight is 339 g/mol. The molecule has 2 aliphatic rings. The van der Waals surface area contributed by atoms with E-state index in [2.05, 4.69) is 0 Å². The molecule has 2 aromatic carbocycles. The van der Waals surface area contributed by atoms with Crippen molar-refractivity contribution in [1.82, 2.24) is 4.90 Å². The van der Waals surface area contributed by atoms with E-state index in [-0.39, 0.29) is 17.6 Å². The zero-order valence-corrected chi connectivity index (χ0v) is 13.4. The van der Waals surface area contributed by atoms with Gasteiger partial charge in [0.1, 0.15) is 6.04 Å². The zero-order chi connectivity index (χ0) is 16.8. The maximum atomic E-state index is 12.8. The quantitative estimate of drug-likeness (QED) is 0.478. The first-order valence-corrected chi connectivity index (χ1v) is 7.93. The average Bonchev–Trinajstić information content (AvgIpc) is 2.84. The second kappa shape index (κ2) is 5.38. The molecule has 0 saturated carbocycles. The van der Waals surface area contributed by atoms with Crippen LogP contribution >= 0.6 is 12.2 Å². The summed E-state index contributed by atoms with van der Waals surface area (Å²) in [7, 11) is 0. The molecule has 0 aromatic heterocycles. The van der Waals surface area contributed by atoms with Crippen molar-refractivity contribution in [2.75, 3.05) is 4.90 Å². The number of benzene rings is 2. The number of rotatable bonds is 2. The smallest absolute Gasteiger partial charge is 0.269 e. The van der Waals surface area contributed by atoms with E-state index in [1.54, 1.807) is 12.1 Å². The minimum Gasteiger partial charge on any atom is -0.332 e. The Kier molecular flexibility index (Phi) is 3.31. The molecular weight excluding hydrogens is 326 g/mol. The molecule has 2 aromatic rings. The SMILES string of the molecule is O=C1[C@H]2Cc3ccccc3CN2C(=S)N1c1ccc([N+](=O)[O-])cc1. The van der Waals surface area contributed by atoms with Crippen molar-refractivity contribution in [3.05, 3.63) is 69.8 Å². The monoisotopic (exact) mass is 339 g/mol. The summed E-state index contributed by atoms with van der Waals surface area (Å²) >= 11 is 5.51. The number of carbonyl (C=O) groups is 1. The van der Waals surface area contributed by atoms with Gasteiger partial charge in [-0.25, -0.2) is 0 Å². The Morgan fingerprint density at radius 2 is 1.75 bits per heavy atom. The standard InChI is InChI=1S/C17H13N3O3S/c21-16-15-9-11-3-1-2-4-12(11)10-18(15)17(24)19(16)13-5-7-14(8-6-13)20(22)23/h1-8,15H,9-10H2/t15-/m1/s1. The Balaban J connectivity index is 1.67. The van der Waals surface area contributed by atoms with Gasteiger partial charge in [0, 0.05) is 25.1 Å². The highest BCUT2D eigenvalue weighted by Crippen LogP contribution is 2.33. The van der Waals surface area contributed by atoms with E-state index in [0.29, 0.717) is 23.8 Å². The van der Waals surface area contributed by atoms with E-state index >= 15 is 0 Å². The number of anilines is 1. The number of fused-ring (bicyclic) bond motifs is 2. The lowest BCUT2D eigenvalue weighted by molar-refractivity contribution is -0.384. The first-order valence-electron chi connectivity index (χ1n) is 7.52. The van der Waals surface area contributed by atoms with Crippen molar-refractivity contribution < 1.29 is 9.72 Å². The minimum atomic E-state index is -0.464. The summed E-state index contributed by atoms with van der Waals surface area (Å²) in [6, 6.07) is 13.6. The number of nitro groups is 1. The van der Waals surface area contributed by atoms with Crippen LogP contribution in [0.15, 0.2) is 48.5 Å². The van der Waals surface area contributed by atoms with Crippen LogP contribution in [0, 0.1) is 10.1 Å². The number of hydrogen-bond donors (Lipinski definition) is 0. The molecule has 1 saturated heterocycles. The zero-order valence-electron chi connectivity index (χ0n) is 12.6. The number of thiocarbonyl (C=S) groups is 1. The van der Waals surface area contributed by atoms with Crippen LogP contribution in [-0.2, 0) is 17.8 Å². The van der Waals surface area contributed by atoms with Gasteiger partial charge in [-0.15, -0.1) is 0 Å². The molecule has 7 heteroatoms. The highest BCUT2D eigenvalue weighted by Gasteiger charge is 2.45. The van der Waals surface area contributed by atoms with E-state index in [9.17, 15) is 14.9 Å². The molecule has 0 unspecified atom stereocenters. The molecule has 0 bridgehead atoms. The second-order valence-corrected chi connectivity index (χ2v) is 6.21. The number of amides is 1. The predicted octanol–water partition coefficient (Wildman–Crippen LogP) is 2.65. The van der Waals surface area contributed by atoms with Gasteiger partial charge in [-0.05, 0) is 35.5 Å². The number of carbonyl (C=O) groups excluding carboxylic acids is 1. The molecule has 0 aliphatic carbocycles.